The van der Waals surface area contributed by atoms with Crippen LogP contribution in [0.3, 0.4) is 0 Å². The van der Waals surface area contributed by atoms with Gasteiger partial charge in [0.05, 0.1) is 11.5 Å². The lowest BCUT2D eigenvalue weighted by molar-refractivity contribution is 0.0992. The first-order chi connectivity index (χ1) is 13.1. The van der Waals surface area contributed by atoms with Gasteiger partial charge >= 0.3 is 0 Å². The Hall–Kier alpha value is -2.05. The number of benzene rings is 2. The summed E-state index contributed by atoms with van der Waals surface area (Å²) in [5.41, 5.74) is 4.36. The van der Waals surface area contributed by atoms with Crippen molar-refractivity contribution in [3.63, 3.8) is 0 Å². The van der Waals surface area contributed by atoms with Crippen LogP contribution < -0.4 is 5.32 Å². The minimum absolute atomic E-state index is 0.0383. The van der Waals surface area contributed by atoms with Crippen molar-refractivity contribution in [1.82, 2.24) is 10.3 Å². The second kappa shape index (κ2) is 9.24. The van der Waals surface area contributed by atoms with Gasteiger partial charge in [0.1, 0.15) is 5.15 Å². The number of hydrogen-bond acceptors (Lipinski definition) is 5. The molecular formula is C21H21ClN2O2S. The van der Waals surface area contributed by atoms with E-state index in [0.717, 1.165) is 27.1 Å². The number of aliphatic hydroxyl groups is 1. The molecule has 0 bridgehead atoms. The van der Waals surface area contributed by atoms with Crippen LogP contribution in [-0.2, 0) is 13.0 Å². The molecule has 2 N–H and O–H groups in total. The number of nitrogens with one attached hydrogen (secondary N) is 1. The Morgan fingerprint density at radius 3 is 2.70 bits per heavy atom. The van der Waals surface area contributed by atoms with Gasteiger partial charge < -0.3 is 10.4 Å². The fourth-order valence-corrected chi connectivity index (χ4v) is 4.07. The van der Waals surface area contributed by atoms with Crippen molar-refractivity contribution >= 4 is 28.7 Å². The molecule has 140 valence electrons. The number of thiazole rings is 1. The van der Waals surface area contributed by atoms with Crippen LogP contribution >= 0.6 is 22.9 Å². The van der Waals surface area contributed by atoms with Crippen LogP contribution in [0, 0.1) is 6.92 Å². The van der Waals surface area contributed by atoms with Gasteiger partial charge in [-0.25, -0.2) is 4.98 Å². The van der Waals surface area contributed by atoms with Gasteiger partial charge in [-0.15, -0.1) is 11.3 Å². The highest BCUT2D eigenvalue weighted by Crippen LogP contribution is 2.28. The third-order valence-corrected chi connectivity index (χ3v) is 5.87. The minimum Gasteiger partial charge on any atom is -0.395 e. The Morgan fingerprint density at radius 2 is 1.96 bits per heavy atom. The lowest BCUT2D eigenvalue weighted by Crippen LogP contribution is -2.16. The van der Waals surface area contributed by atoms with Crippen LogP contribution in [0.2, 0.25) is 5.15 Å². The maximum Gasteiger partial charge on any atom is 0.195 e. The fourth-order valence-electron chi connectivity index (χ4n) is 2.90. The second-order valence-electron chi connectivity index (χ2n) is 6.19. The van der Waals surface area contributed by atoms with Crippen molar-refractivity contribution in [3.05, 3.63) is 74.7 Å². The molecule has 1 aromatic heterocycles. The van der Waals surface area contributed by atoms with E-state index in [0.29, 0.717) is 29.7 Å². The predicted octanol–water partition coefficient (Wildman–Crippen LogP) is 4.28. The molecule has 0 radical (unpaired) electrons. The van der Waals surface area contributed by atoms with E-state index in [1.807, 2.05) is 37.3 Å². The highest BCUT2D eigenvalue weighted by Gasteiger charge is 2.17. The summed E-state index contributed by atoms with van der Waals surface area (Å²) in [6.07, 6.45) is 0.292. The molecule has 0 aliphatic heterocycles. The van der Waals surface area contributed by atoms with Gasteiger partial charge in [-0.2, -0.15) is 0 Å². The molecule has 0 unspecified atom stereocenters. The van der Waals surface area contributed by atoms with E-state index in [4.69, 9.17) is 16.7 Å². The number of carbonyl (C=O) groups excluding carboxylic acids is 1. The Balaban J connectivity index is 1.78. The molecule has 0 saturated carbocycles. The fraction of sp³-hybridized carbons (Fsp3) is 0.238. The van der Waals surface area contributed by atoms with Crippen molar-refractivity contribution in [2.24, 2.45) is 0 Å². The number of rotatable bonds is 8. The quantitative estimate of drug-likeness (QED) is 0.437. The highest BCUT2D eigenvalue weighted by molar-refractivity contribution is 7.14. The summed E-state index contributed by atoms with van der Waals surface area (Å²) in [6.45, 7) is 3.07. The molecule has 1 heterocycles. The Morgan fingerprint density at radius 1 is 1.19 bits per heavy atom. The molecular weight excluding hydrogens is 380 g/mol. The van der Waals surface area contributed by atoms with Gasteiger partial charge in [-0.3, -0.25) is 4.79 Å². The number of carbonyl (C=O) groups is 1. The largest absolute Gasteiger partial charge is 0.395 e. The summed E-state index contributed by atoms with van der Waals surface area (Å²) in [4.78, 5) is 17.8. The van der Waals surface area contributed by atoms with E-state index < -0.39 is 0 Å². The van der Waals surface area contributed by atoms with Crippen LogP contribution in [0.1, 0.15) is 25.8 Å². The van der Waals surface area contributed by atoms with Gasteiger partial charge in [0.15, 0.2) is 10.8 Å². The molecule has 2 aromatic carbocycles. The van der Waals surface area contributed by atoms with Crippen LogP contribution in [-0.4, -0.2) is 29.0 Å². The van der Waals surface area contributed by atoms with Gasteiger partial charge in [0.25, 0.3) is 0 Å². The van der Waals surface area contributed by atoms with E-state index in [2.05, 4.69) is 28.5 Å². The average Bonchev–Trinajstić information content (AvgIpc) is 3.05. The van der Waals surface area contributed by atoms with E-state index in [9.17, 15) is 4.79 Å². The molecule has 0 fully saturated rings. The van der Waals surface area contributed by atoms with Crippen LogP contribution in [0.25, 0.3) is 11.1 Å². The summed E-state index contributed by atoms with van der Waals surface area (Å²) < 4.78 is 0. The maximum atomic E-state index is 12.7. The number of aromatic nitrogens is 1. The maximum absolute atomic E-state index is 12.7. The number of hydrogen-bond donors (Lipinski definition) is 2. The van der Waals surface area contributed by atoms with Crippen molar-refractivity contribution in [3.8, 4) is 11.1 Å². The lowest BCUT2D eigenvalue weighted by Gasteiger charge is -2.10. The topological polar surface area (TPSA) is 62.2 Å². The molecule has 27 heavy (non-hydrogen) atoms. The Kier molecular flexibility index (Phi) is 6.74. The molecule has 0 spiro atoms. The number of nitrogens with zero attached hydrogens (tertiary/aromatic N) is 1. The van der Waals surface area contributed by atoms with Crippen molar-refractivity contribution in [2.75, 3.05) is 13.2 Å². The average molecular weight is 401 g/mol. The van der Waals surface area contributed by atoms with Crippen molar-refractivity contribution in [1.29, 1.82) is 0 Å². The summed E-state index contributed by atoms with van der Waals surface area (Å²) in [5, 5.41) is 12.7. The first kappa shape index (κ1) is 19.7. The lowest BCUT2D eigenvalue weighted by atomic mass is 9.94. The zero-order chi connectivity index (χ0) is 19.2. The van der Waals surface area contributed by atoms with E-state index >= 15 is 0 Å². The second-order valence-corrected chi connectivity index (χ2v) is 7.63. The summed E-state index contributed by atoms with van der Waals surface area (Å²) in [6, 6.07) is 16.2. The molecule has 3 aromatic rings. The zero-order valence-electron chi connectivity index (χ0n) is 15.0. The van der Waals surface area contributed by atoms with E-state index in [1.54, 1.807) is 0 Å². The predicted molar refractivity (Wildman–Crippen MR) is 111 cm³/mol. The van der Waals surface area contributed by atoms with Crippen LogP contribution in [0.4, 0.5) is 0 Å². The summed E-state index contributed by atoms with van der Waals surface area (Å²) >= 11 is 7.46. The minimum atomic E-state index is -0.0383. The van der Waals surface area contributed by atoms with Gasteiger partial charge in [0.2, 0.25) is 0 Å². The van der Waals surface area contributed by atoms with Gasteiger partial charge in [-0.1, -0.05) is 60.1 Å². The Labute approximate surface area is 167 Å². The van der Waals surface area contributed by atoms with Crippen molar-refractivity contribution < 1.29 is 9.90 Å². The van der Waals surface area contributed by atoms with E-state index in [1.165, 1.54) is 11.3 Å². The van der Waals surface area contributed by atoms with Crippen molar-refractivity contribution in [2.45, 2.75) is 19.9 Å². The number of halogens is 1. The number of Topliss-reactive ketones (excluding diaryl/α,β-unsaturated/α-hetero) is 1. The summed E-state index contributed by atoms with van der Waals surface area (Å²) in [5.74, 6) is -0.0383. The highest BCUT2D eigenvalue weighted by atomic mass is 35.5. The first-order valence-electron chi connectivity index (χ1n) is 8.74. The molecule has 0 saturated heterocycles. The van der Waals surface area contributed by atoms with Gasteiger partial charge in [0, 0.05) is 19.5 Å². The van der Waals surface area contributed by atoms with Crippen LogP contribution in [0.15, 0.2) is 48.5 Å². The Bertz CT molecular complexity index is 925. The third kappa shape index (κ3) is 4.82. The number of aliphatic hydroxyl groups excluding tert-OH is 1. The monoisotopic (exact) mass is 400 g/mol. The molecule has 0 atom stereocenters. The molecule has 0 amide bonds. The number of ketones is 1. The van der Waals surface area contributed by atoms with Crippen LogP contribution in [0.5, 0.6) is 0 Å². The first-order valence-corrected chi connectivity index (χ1v) is 9.93. The van der Waals surface area contributed by atoms with E-state index in [-0.39, 0.29) is 12.4 Å². The molecule has 4 nitrogen and oxygen atoms in total. The molecule has 0 aliphatic rings. The third-order valence-electron chi connectivity index (χ3n) is 4.34. The SMILES string of the molecule is Cc1c(CC(=O)c2nc(Cl)c(CNCCO)s2)cccc1-c1ccccc1. The standard InChI is InChI=1S/C21H21ClN2O2S/c1-14-16(8-5-9-17(14)15-6-3-2-4-7-15)12-18(26)21-24-20(22)19(27-21)13-23-10-11-25/h2-9,23,25H,10-13H2,1H3. The molecule has 3 rings (SSSR count). The molecule has 0 aliphatic carbocycles. The normalized spacial score (nSPS) is 10.9. The molecule has 6 heteroatoms. The summed E-state index contributed by atoms with van der Waals surface area (Å²) in [7, 11) is 0. The van der Waals surface area contributed by atoms with Gasteiger partial charge in [-0.05, 0) is 29.2 Å². The zero-order valence-corrected chi connectivity index (χ0v) is 16.6. The smallest absolute Gasteiger partial charge is 0.195 e.